The highest BCUT2D eigenvalue weighted by Gasteiger charge is 2.16. The highest BCUT2D eigenvalue weighted by atomic mass is 32.1. The van der Waals surface area contributed by atoms with Crippen molar-refractivity contribution >= 4 is 27.5 Å². The van der Waals surface area contributed by atoms with Gasteiger partial charge in [0.1, 0.15) is 11.2 Å². The minimum atomic E-state index is -0.268. The molecule has 1 amide bonds. The Balaban J connectivity index is 2.16. The van der Waals surface area contributed by atoms with Crippen molar-refractivity contribution in [3.05, 3.63) is 16.8 Å². The Morgan fingerprint density at radius 2 is 2.05 bits per heavy atom. The number of amides is 1. The first kappa shape index (κ1) is 14.7. The van der Waals surface area contributed by atoms with Gasteiger partial charge in [-0.1, -0.05) is 0 Å². The van der Waals surface area contributed by atoms with Crippen LogP contribution in [0, 0.1) is 13.8 Å². The van der Waals surface area contributed by atoms with E-state index in [1.807, 2.05) is 34.6 Å². The molecule has 0 bridgehead atoms. The molecular weight excluding hydrogens is 274 g/mol. The van der Waals surface area contributed by atoms with Crippen LogP contribution < -0.4 is 10.1 Å². The molecular formula is C14H19N3O2S. The van der Waals surface area contributed by atoms with Gasteiger partial charge in [0.15, 0.2) is 6.61 Å². The van der Waals surface area contributed by atoms with Gasteiger partial charge >= 0.3 is 0 Å². The van der Waals surface area contributed by atoms with Crippen LogP contribution in [0.3, 0.4) is 0 Å². The first-order valence-corrected chi connectivity index (χ1v) is 7.24. The summed E-state index contributed by atoms with van der Waals surface area (Å²) in [5.41, 5.74) is 0.841. The lowest BCUT2D eigenvalue weighted by Crippen LogP contribution is -2.43. The van der Waals surface area contributed by atoms with Crippen molar-refractivity contribution in [2.45, 2.75) is 40.2 Å². The standard InChI is InChI=1S/C14H19N3O2S/c1-8-9(2)20-13-11(8)12(15-7-16-13)19-6-10(18)17-14(3,4)5/h7H,6H2,1-5H3,(H,17,18). The zero-order chi connectivity index (χ0) is 14.9. The summed E-state index contributed by atoms with van der Waals surface area (Å²) in [7, 11) is 0. The summed E-state index contributed by atoms with van der Waals surface area (Å²) in [5.74, 6) is 0.315. The van der Waals surface area contributed by atoms with E-state index in [-0.39, 0.29) is 18.1 Å². The molecule has 0 saturated heterocycles. The molecule has 0 aliphatic heterocycles. The molecule has 2 aromatic heterocycles. The van der Waals surface area contributed by atoms with E-state index in [1.165, 1.54) is 11.2 Å². The second-order valence-corrected chi connectivity index (χ2v) is 6.93. The third kappa shape index (κ3) is 3.25. The molecule has 1 N–H and O–H groups in total. The molecule has 0 fully saturated rings. The summed E-state index contributed by atoms with van der Waals surface area (Å²) in [6, 6.07) is 0. The summed E-state index contributed by atoms with van der Waals surface area (Å²) in [4.78, 5) is 22.2. The van der Waals surface area contributed by atoms with Gasteiger partial charge < -0.3 is 10.1 Å². The molecule has 0 unspecified atom stereocenters. The van der Waals surface area contributed by atoms with Crippen molar-refractivity contribution in [1.29, 1.82) is 0 Å². The molecule has 0 aliphatic carbocycles. The van der Waals surface area contributed by atoms with Gasteiger partial charge in [-0.05, 0) is 40.2 Å². The molecule has 0 radical (unpaired) electrons. The number of aromatic nitrogens is 2. The molecule has 0 spiro atoms. The lowest BCUT2D eigenvalue weighted by Gasteiger charge is -2.20. The lowest BCUT2D eigenvalue weighted by molar-refractivity contribution is -0.124. The molecule has 2 heterocycles. The number of carbonyl (C=O) groups is 1. The molecule has 20 heavy (non-hydrogen) atoms. The Morgan fingerprint density at radius 3 is 2.70 bits per heavy atom. The SMILES string of the molecule is Cc1sc2ncnc(OCC(=O)NC(C)(C)C)c2c1C. The molecule has 2 aromatic rings. The van der Waals surface area contributed by atoms with E-state index < -0.39 is 0 Å². The topological polar surface area (TPSA) is 64.1 Å². The number of nitrogens with one attached hydrogen (secondary N) is 1. The first-order valence-electron chi connectivity index (χ1n) is 6.42. The van der Waals surface area contributed by atoms with Crippen LogP contribution in [0.4, 0.5) is 0 Å². The number of rotatable bonds is 3. The van der Waals surface area contributed by atoms with Crippen LogP contribution in [0.2, 0.25) is 0 Å². The van der Waals surface area contributed by atoms with Crippen molar-refractivity contribution in [2.75, 3.05) is 6.61 Å². The maximum atomic E-state index is 11.8. The molecule has 0 aromatic carbocycles. The number of aryl methyl sites for hydroxylation is 2. The minimum Gasteiger partial charge on any atom is -0.467 e. The number of hydrogen-bond donors (Lipinski definition) is 1. The number of fused-ring (bicyclic) bond motifs is 1. The first-order chi connectivity index (χ1) is 9.28. The summed E-state index contributed by atoms with van der Waals surface area (Å²) >= 11 is 1.61. The Labute approximate surface area is 122 Å². The average Bonchev–Trinajstić information content (AvgIpc) is 2.61. The Morgan fingerprint density at radius 1 is 1.35 bits per heavy atom. The van der Waals surface area contributed by atoms with Crippen LogP contribution in [0.15, 0.2) is 6.33 Å². The Kier molecular flexibility index (Phi) is 3.94. The molecule has 5 nitrogen and oxygen atoms in total. The van der Waals surface area contributed by atoms with Crippen LogP contribution in [-0.2, 0) is 4.79 Å². The van der Waals surface area contributed by atoms with Crippen LogP contribution in [0.5, 0.6) is 5.88 Å². The highest BCUT2D eigenvalue weighted by Crippen LogP contribution is 2.33. The molecule has 2 rings (SSSR count). The summed E-state index contributed by atoms with van der Waals surface area (Å²) < 4.78 is 5.56. The van der Waals surface area contributed by atoms with Gasteiger partial charge in [-0.25, -0.2) is 9.97 Å². The number of nitrogens with zero attached hydrogens (tertiary/aromatic N) is 2. The molecule has 6 heteroatoms. The van der Waals surface area contributed by atoms with Crippen LogP contribution in [-0.4, -0.2) is 28.0 Å². The number of ether oxygens (including phenoxy) is 1. The Hall–Kier alpha value is -1.69. The zero-order valence-corrected chi connectivity index (χ0v) is 13.2. The van der Waals surface area contributed by atoms with Crippen molar-refractivity contribution in [3.63, 3.8) is 0 Å². The van der Waals surface area contributed by atoms with Gasteiger partial charge in [0.25, 0.3) is 5.91 Å². The van der Waals surface area contributed by atoms with E-state index in [0.717, 1.165) is 15.8 Å². The van der Waals surface area contributed by atoms with Gasteiger partial charge in [0.05, 0.1) is 5.39 Å². The van der Waals surface area contributed by atoms with Crippen molar-refractivity contribution < 1.29 is 9.53 Å². The summed E-state index contributed by atoms with van der Waals surface area (Å²) in [5, 5.41) is 3.75. The van der Waals surface area contributed by atoms with Crippen molar-refractivity contribution in [1.82, 2.24) is 15.3 Å². The predicted octanol–water partition coefficient (Wildman–Crippen LogP) is 2.60. The molecule has 0 saturated carbocycles. The highest BCUT2D eigenvalue weighted by molar-refractivity contribution is 7.18. The normalized spacial score (nSPS) is 11.7. The van der Waals surface area contributed by atoms with E-state index in [1.54, 1.807) is 11.3 Å². The van der Waals surface area contributed by atoms with E-state index in [4.69, 9.17) is 4.74 Å². The van der Waals surface area contributed by atoms with Gasteiger partial charge in [0.2, 0.25) is 5.88 Å². The second kappa shape index (κ2) is 5.36. The van der Waals surface area contributed by atoms with Crippen molar-refractivity contribution in [2.24, 2.45) is 0 Å². The van der Waals surface area contributed by atoms with E-state index in [2.05, 4.69) is 15.3 Å². The van der Waals surface area contributed by atoms with E-state index >= 15 is 0 Å². The van der Waals surface area contributed by atoms with Crippen LogP contribution in [0.1, 0.15) is 31.2 Å². The molecule has 0 atom stereocenters. The quantitative estimate of drug-likeness (QED) is 0.944. The van der Waals surface area contributed by atoms with Crippen LogP contribution in [0.25, 0.3) is 10.2 Å². The predicted molar refractivity (Wildman–Crippen MR) is 80.3 cm³/mol. The fourth-order valence-corrected chi connectivity index (χ4v) is 2.84. The summed E-state index contributed by atoms with van der Waals surface area (Å²) in [6.45, 7) is 9.80. The van der Waals surface area contributed by atoms with Gasteiger partial charge in [0, 0.05) is 10.4 Å². The van der Waals surface area contributed by atoms with Gasteiger partial charge in [-0.15, -0.1) is 11.3 Å². The molecule has 0 aliphatic rings. The van der Waals surface area contributed by atoms with Crippen LogP contribution >= 0.6 is 11.3 Å². The minimum absolute atomic E-state index is 0.0439. The second-order valence-electron chi connectivity index (χ2n) is 5.73. The third-order valence-corrected chi connectivity index (χ3v) is 3.90. The monoisotopic (exact) mass is 293 g/mol. The Bertz CT molecular complexity index is 644. The average molecular weight is 293 g/mol. The number of thiophene rings is 1. The largest absolute Gasteiger partial charge is 0.467 e. The fourth-order valence-electron chi connectivity index (χ4n) is 1.85. The van der Waals surface area contributed by atoms with E-state index in [0.29, 0.717) is 5.88 Å². The van der Waals surface area contributed by atoms with Gasteiger partial charge in [-0.2, -0.15) is 0 Å². The number of carbonyl (C=O) groups excluding carboxylic acids is 1. The summed E-state index contributed by atoms with van der Waals surface area (Å²) in [6.07, 6.45) is 1.47. The maximum Gasteiger partial charge on any atom is 0.258 e. The van der Waals surface area contributed by atoms with Crippen molar-refractivity contribution in [3.8, 4) is 5.88 Å². The maximum absolute atomic E-state index is 11.8. The molecule has 108 valence electrons. The third-order valence-electron chi connectivity index (χ3n) is 2.78. The zero-order valence-electron chi connectivity index (χ0n) is 12.4. The number of hydrogen-bond acceptors (Lipinski definition) is 5. The smallest absolute Gasteiger partial charge is 0.258 e. The van der Waals surface area contributed by atoms with E-state index in [9.17, 15) is 4.79 Å². The lowest BCUT2D eigenvalue weighted by atomic mass is 10.1. The fraction of sp³-hybridized carbons (Fsp3) is 0.500. The van der Waals surface area contributed by atoms with Gasteiger partial charge in [-0.3, -0.25) is 4.79 Å².